The molecule has 0 aromatic carbocycles. The number of amidine groups is 1. The highest BCUT2D eigenvalue weighted by Crippen LogP contribution is 2.39. The minimum atomic E-state index is 0.127. The molecule has 4 nitrogen and oxygen atoms in total. The highest BCUT2D eigenvalue weighted by atomic mass is 15.2. The first-order chi connectivity index (χ1) is 9.16. The van der Waals surface area contributed by atoms with Gasteiger partial charge in [0.2, 0.25) is 0 Å². The van der Waals surface area contributed by atoms with Crippen molar-refractivity contribution in [1.82, 2.24) is 4.98 Å². The van der Waals surface area contributed by atoms with E-state index < -0.39 is 0 Å². The van der Waals surface area contributed by atoms with Crippen molar-refractivity contribution in [3.05, 3.63) is 23.4 Å². The van der Waals surface area contributed by atoms with Crippen LogP contribution in [0.2, 0.25) is 0 Å². The molecule has 1 aromatic rings. The Morgan fingerprint density at radius 3 is 2.89 bits per heavy atom. The zero-order valence-corrected chi connectivity index (χ0v) is 11.5. The summed E-state index contributed by atoms with van der Waals surface area (Å²) in [6.45, 7) is 3.06. The number of pyridine rings is 1. The molecule has 1 aliphatic carbocycles. The van der Waals surface area contributed by atoms with Crippen molar-refractivity contribution in [2.24, 2.45) is 11.7 Å². The second kappa shape index (κ2) is 4.83. The van der Waals surface area contributed by atoms with E-state index in [1.165, 1.54) is 32.1 Å². The minimum absolute atomic E-state index is 0.127. The first kappa shape index (κ1) is 12.5. The van der Waals surface area contributed by atoms with Crippen molar-refractivity contribution in [3.63, 3.8) is 0 Å². The molecule has 1 aliphatic heterocycles. The summed E-state index contributed by atoms with van der Waals surface area (Å²) in [6.07, 6.45) is 6.56. The number of nitrogens with one attached hydrogen (secondary N) is 1. The second-order valence-electron chi connectivity index (χ2n) is 5.83. The molecule has 2 atom stereocenters. The summed E-state index contributed by atoms with van der Waals surface area (Å²) in [5.74, 6) is 1.87. The van der Waals surface area contributed by atoms with Crippen molar-refractivity contribution in [1.29, 1.82) is 5.41 Å². The van der Waals surface area contributed by atoms with Crippen LogP contribution in [0.5, 0.6) is 0 Å². The van der Waals surface area contributed by atoms with Gasteiger partial charge in [0.25, 0.3) is 0 Å². The maximum absolute atomic E-state index is 7.75. The zero-order valence-electron chi connectivity index (χ0n) is 11.5. The van der Waals surface area contributed by atoms with E-state index in [0.717, 1.165) is 29.5 Å². The van der Waals surface area contributed by atoms with Gasteiger partial charge in [-0.15, -0.1) is 0 Å². The fourth-order valence-corrected chi connectivity index (χ4v) is 3.64. The molecule has 3 N–H and O–H groups in total. The number of fused-ring (bicyclic) bond motifs is 1. The molecule has 4 heteroatoms. The molecule has 2 fully saturated rings. The van der Waals surface area contributed by atoms with Crippen LogP contribution in [-0.2, 0) is 0 Å². The summed E-state index contributed by atoms with van der Waals surface area (Å²) in [5.41, 5.74) is 7.50. The Labute approximate surface area is 114 Å². The number of nitrogens with two attached hydrogens (primary N) is 1. The quantitative estimate of drug-likeness (QED) is 0.632. The standard InChI is InChI=1S/C15H22N4/c1-10-6-7-12(14(16)17)15(18-10)19-9-8-11-4-2-3-5-13(11)19/h6-7,11,13H,2-5,8-9H2,1H3,(H3,16,17). The van der Waals surface area contributed by atoms with Crippen LogP contribution in [0.3, 0.4) is 0 Å². The van der Waals surface area contributed by atoms with Gasteiger partial charge in [-0.1, -0.05) is 12.8 Å². The highest BCUT2D eigenvalue weighted by Gasteiger charge is 2.37. The molecular formula is C15H22N4. The molecule has 0 bridgehead atoms. The lowest BCUT2D eigenvalue weighted by Gasteiger charge is -2.33. The van der Waals surface area contributed by atoms with Gasteiger partial charge < -0.3 is 10.6 Å². The normalized spacial score (nSPS) is 26.3. The van der Waals surface area contributed by atoms with Crippen LogP contribution in [0.1, 0.15) is 43.4 Å². The number of hydrogen-bond donors (Lipinski definition) is 2. The molecule has 0 spiro atoms. The number of nitrogen functional groups attached to an aromatic ring is 1. The van der Waals surface area contributed by atoms with Gasteiger partial charge >= 0.3 is 0 Å². The third-order valence-electron chi connectivity index (χ3n) is 4.59. The second-order valence-corrected chi connectivity index (χ2v) is 5.83. The topological polar surface area (TPSA) is 66.0 Å². The number of aryl methyl sites for hydroxylation is 1. The molecule has 2 heterocycles. The van der Waals surface area contributed by atoms with Crippen LogP contribution < -0.4 is 10.6 Å². The van der Waals surface area contributed by atoms with Gasteiger partial charge in [-0.05, 0) is 44.2 Å². The van der Waals surface area contributed by atoms with Crippen LogP contribution in [0.15, 0.2) is 12.1 Å². The molecule has 1 aromatic heterocycles. The molecule has 2 unspecified atom stereocenters. The average Bonchev–Trinajstić information content (AvgIpc) is 2.82. The molecule has 0 radical (unpaired) electrons. The Morgan fingerprint density at radius 1 is 1.32 bits per heavy atom. The van der Waals surface area contributed by atoms with Gasteiger partial charge in [0.15, 0.2) is 0 Å². The first-order valence-corrected chi connectivity index (χ1v) is 7.25. The Kier molecular flexibility index (Phi) is 3.17. The van der Waals surface area contributed by atoms with Crippen molar-refractivity contribution in [2.75, 3.05) is 11.4 Å². The van der Waals surface area contributed by atoms with Gasteiger partial charge in [-0.2, -0.15) is 0 Å². The smallest absolute Gasteiger partial charge is 0.140 e. The maximum atomic E-state index is 7.75. The van der Waals surface area contributed by atoms with E-state index in [9.17, 15) is 0 Å². The van der Waals surface area contributed by atoms with Crippen LogP contribution in [0.4, 0.5) is 5.82 Å². The Bertz CT molecular complexity index is 497. The first-order valence-electron chi connectivity index (χ1n) is 7.25. The van der Waals surface area contributed by atoms with E-state index in [1.807, 2.05) is 19.1 Å². The van der Waals surface area contributed by atoms with Crippen LogP contribution >= 0.6 is 0 Å². The van der Waals surface area contributed by atoms with E-state index >= 15 is 0 Å². The van der Waals surface area contributed by atoms with Crippen LogP contribution in [-0.4, -0.2) is 23.4 Å². The van der Waals surface area contributed by atoms with E-state index in [4.69, 9.17) is 11.1 Å². The molecule has 19 heavy (non-hydrogen) atoms. The van der Waals surface area contributed by atoms with Gasteiger partial charge in [0.05, 0.1) is 5.56 Å². The minimum Gasteiger partial charge on any atom is -0.384 e. The summed E-state index contributed by atoms with van der Waals surface area (Å²) < 4.78 is 0. The summed E-state index contributed by atoms with van der Waals surface area (Å²) in [5, 5.41) is 7.75. The van der Waals surface area contributed by atoms with Gasteiger partial charge in [0.1, 0.15) is 11.7 Å². The number of hydrogen-bond acceptors (Lipinski definition) is 3. The molecule has 2 aliphatic rings. The van der Waals surface area contributed by atoms with Crippen LogP contribution in [0.25, 0.3) is 0 Å². The number of nitrogens with zero attached hydrogens (tertiary/aromatic N) is 2. The van der Waals surface area contributed by atoms with Gasteiger partial charge in [-0.25, -0.2) is 4.98 Å². The maximum Gasteiger partial charge on any atom is 0.140 e. The molecule has 0 amide bonds. The molecule has 102 valence electrons. The Morgan fingerprint density at radius 2 is 2.11 bits per heavy atom. The third-order valence-corrected chi connectivity index (χ3v) is 4.59. The lowest BCUT2D eigenvalue weighted by molar-refractivity contribution is 0.341. The average molecular weight is 258 g/mol. The Balaban J connectivity index is 1.97. The fraction of sp³-hybridized carbons (Fsp3) is 0.600. The van der Waals surface area contributed by atoms with Crippen molar-refractivity contribution < 1.29 is 0 Å². The molecule has 1 saturated carbocycles. The van der Waals surface area contributed by atoms with Crippen molar-refractivity contribution >= 4 is 11.7 Å². The van der Waals surface area contributed by atoms with Gasteiger partial charge in [0, 0.05) is 18.3 Å². The van der Waals surface area contributed by atoms with Crippen molar-refractivity contribution in [2.45, 2.75) is 45.1 Å². The third kappa shape index (κ3) is 2.20. The van der Waals surface area contributed by atoms with E-state index in [0.29, 0.717) is 6.04 Å². The number of anilines is 1. The fourth-order valence-electron chi connectivity index (χ4n) is 3.64. The molecule has 3 rings (SSSR count). The predicted octanol–water partition coefficient (Wildman–Crippen LogP) is 2.44. The summed E-state index contributed by atoms with van der Waals surface area (Å²) >= 11 is 0. The zero-order chi connectivity index (χ0) is 13.4. The monoisotopic (exact) mass is 258 g/mol. The van der Waals surface area contributed by atoms with E-state index in [1.54, 1.807) is 0 Å². The van der Waals surface area contributed by atoms with E-state index in [-0.39, 0.29) is 5.84 Å². The lowest BCUT2D eigenvalue weighted by atomic mass is 9.85. The SMILES string of the molecule is Cc1ccc(C(=N)N)c(N2CCC3CCCCC32)n1. The van der Waals surface area contributed by atoms with E-state index in [2.05, 4.69) is 9.88 Å². The lowest BCUT2D eigenvalue weighted by Crippen LogP contribution is -2.36. The molecular weight excluding hydrogens is 236 g/mol. The van der Waals surface area contributed by atoms with Crippen LogP contribution in [0, 0.1) is 18.3 Å². The summed E-state index contributed by atoms with van der Waals surface area (Å²) in [7, 11) is 0. The highest BCUT2D eigenvalue weighted by molar-refractivity contribution is 5.99. The summed E-state index contributed by atoms with van der Waals surface area (Å²) in [4.78, 5) is 7.08. The van der Waals surface area contributed by atoms with Crippen molar-refractivity contribution in [3.8, 4) is 0 Å². The number of aromatic nitrogens is 1. The Hall–Kier alpha value is -1.58. The predicted molar refractivity (Wildman–Crippen MR) is 77.7 cm³/mol. The number of rotatable bonds is 2. The van der Waals surface area contributed by atoms with Gasteiger partial charge in [-0.3, -0.25) is 5.41 Å². The largest absolute Gasteiger partial charge is 0.384 e. The summed E-state index contributed by atoms with van der Waals surface area (Å²) in [6, 6.07) is 4.49. The molecule has 1 saturated heterocycles.